The molecule has 0 aromatic heterocycles. The second-order valence-corrected chi connectivity index (χ2v) is 9.58. The first-order valence-corrected chi connectivity index (χ1v) is 11.7. The fourth-order valence-electron chi connectivity index (χ4n) is 3.64. The predicted octanol–water partition coefficient (Wildman–Crippen LogP) is 4.17. The molecule has 1 fully saturated rings. The van der Waals surface area contributed by atoms with Crippen molar-refractivity contribution >= 4 is 17.9 Å². The molecule has 1 unspecified atom stereocenters. The zero-order valence-corrected chi connectivity index (χ0v) is 20.4. The molecule has 0 heterocycles. The molecule has 1 saturated carbocycles. The van der Waals surface area contributed by atoms with Crippen LogP contribution in [0.25, 0.3) is 0 Å². The Morgan fingerprint density at radius 2 is 1.81 bits per heavy atom. The smallest absolute Gasteiger partial charge is 0.408 e. The number of alkyl carbamates (subject to hydrolysis) is 1. The van der Waals surface area contributed by atoms with Crippen molar-refractivity contribution in [1.82, 2.24) is 15.5 Å². The van der Waals surface area contributed by atoms with Gasteiger partial charge in [-0.1, -0.05) is 38.0 Å². The average Bonchev–Trinajstić information content (AvgIpc) is 3.53. The fraction of sp³-hybridized carbons (Fsp3) is 0.640. The number of amides is 3. The van der Waals surface area contributed by atoms with Crippen LogP contribution in [-0.2, 0) is 14.3 Å². The molecule has 7 nitrogen and oxygen atoms in total. The highest BCUT2D eigenvalue weighted by Gasteiger charge is 2.41. The van der Waals surface area contributed by atoms with E-state index in [9.17, 15) is 14.4 Å². The van der Waals surface area contributed by atoms with E-state index in [2.05, 4.69) is 17.6 Å². The summed E-state index contributed by atoms with van der Waals surface area (Å²) in [4.78, 5) is 40.3. The third-order valence-corrected chi connectivity index (χ3v) is 5.56. The highest BCUT2D eigenvalue weighted by molar-refractivity contribution is 5.91. The summed E-state index contributed by atoms with van der Waals surface area (Å²) in [5.74, 6) is -0.458. The molecule has 178 valence electrons. The largest absolute Gasteiger partial charge is 0.444 e. The van der Waals surface area contributed by atoms with Crippen LogP contribution in [0.5, 0.6) is 0 Å². The second-order valence-electron chi connectivity index (χ2n) is 9.58. The Hall–Kier alpha value is -2.57. The van der Waals surface area contributed by atoms with Crippen molar-refractivity contribution in [3.05, 3.63) is 34.9 Å². The number of ether oxygens (including phenoxy) is 1. The summed E-state index contributed by atoms with van der Waals surface area (Å²) in [7, 11) is 0. The number of hydrogen-bond donors (Lipinski definition) is 2. The Kier molecular flexibility index (Phi) is 9.10. The van der Waals surface area contributed by atoms with Crippen molar-refractivity contribution in [3.63, 3.8) is 0 Å². The molecule has 32 heavy (non-hydrogen) atoms. The normalized spacial score (nSPS) is 14.4. The van der Waals surface area contributed by atoms with E-state index in [0.717, 1.165) is 48.8 Å². The first-order valence-electron chi connectivity index (χ1n) is 11.7. The fourth-order valence-corrected chi connectivity index (χ4v) is 3.64. The number of rotatable bonds is 10. The minimum atomic E-state index is -0.725. The van der Waals surface area contributed by atoms with Crippen LogP contribution in [0.3, 0.4) is 0 Å². The highest BCUT2D eigenvalue weighted by Crippen LogP contribution is 2.36. The maximum Gasteiger partial charge on any atom is 0.408 e. The van der Waals surface area contributed by atoms with Crippen LogP contribution in [0.4, 0.5) is 4.79 Å². The van der Waals surface area contributed by atoms with Crippen LogP contribution < -0.4 is 10.6 Å². The van der Waals surface area contributed by atoms with Gasteiger partial charge in [0.05, 0.1) is 0 Å². The van der Waals surface area contributed by atoms with Gasteiger partial charge in [-0.2, -0.15) is 0 Å². The number of nitrogens with one attached hydrogen (secondary N) is 2. The number of carbonyl (C=O) groups is 3. The van der Waals surface area contributed by atoms with Gasteiger partial charge in [-0.15, -0.1) is 0 Å². The van der Waals surface area contributed by atoms with E-state index in [4.69, 9.17) is 4.74 Å². The van der Waals surface area contributed by atoms with Gasteiger partial charge in [-0.05, 0) is 70.6 Å². The first kappa shape index (κ1) is 25.7. The van der Waals surface area contributed by atoms with E-state index >= 15 is 0 Å². The van der Waals surface area contributed by atoms with E-state index in [0.29, 0.717) is 6.54 Å². The summed E-state index contributed by atoms with van der Waals surface area (Å²) in [5, 5.41) is 5.58. The molecule has 0 saturated heterocycles. The molecule has 1 aliphatic carbocycles. The minimum Gasteiger partial charge on any atom is -0.444 e. The van der Waals surface area contributed by atoms with Crippen molar-refractivity contribution in [2.75, 3.05) is 13.1 Å². The monoisotopic (exact) mass is 445 g/mol. The van der Waals surface area contributed by atoms with Crippen LogP contribution in [0.1, 0.15) is 82.5 Å². The molecule has 1 aliphatic rings. The van der Waals surface area contributed by atoms with Gasteiger partial charge in [0.1, 0.15) is 18.2 Å². The van der Waals surface area contributed by atoms with Crippen molar-refractivity contribution < 1.29 is 19.1 Å². The number of nitrogens with zero attached hydrogens (tertiary/aromatic N) is 1. The van der Waals surface area contributed by atoms with Crippen molar-refractivity contribution in [1.29, 1.82) is 0 Å². The number of aryl methyl sites for hydroxylation is 1. The molecule has 1 atom stereocenters. The van der Waals surface area contributed by atoms with Crippen LogP contribution >= 0.6 is 0 Å². The lowest BCUT2D eigenvalue weighted by Crippen LogP contribution is -2.49. The number of unbranched alkanes of at least 4 members (excludes halogenated alkanes) is 2. The van der Waals surface area contributed by atoms with Crippen molar-refractivity contribution in [3.8, 4) is 0 Å². The zero-order valence-electron chi connectivity index (χ0n) is 20.4. The molecule has 1 aromatic rings. The Morgan fingerprint density at radius 1 is 1.12 bits per heavy atom. The topological polar surface area (TPSA) is 87.7 Å². The summed E-state index contributed by atoms with van der Waals surface area (Å²) in [6.45, 7) is 11.8. The number of hydrogen-bond acceptors (Lipinski definition) is 4. The SMILES string of the molecule is CCCCCNC(=O)C(c1cccc(C)c1C)N(C(=O)CNC(=O)OC(C)(C)C)C1CC1. The minimum absolute atomic E-state index is 0.00533. The van der Waals surface area contributed by atoms with Gasteiger partial charge in [0.25, 0.3) is 0 Å². The Labute approximate surface area is 192 Å². The Bertz CT molecular complexity index is 812. The molecule has 0 bridgehead atoms. The molecule has 2 N–H and O–H groups in total. The third-order valence-electron chi connectivity index (χ3n) is 5.56. The lowest BCUT2D eigenvalue weighted by Gasteiger charge is -2.33. The van der Waals surface area contributed by atoms with Gasteiger partial charge in [-0.25, -0.2) is 4.79 Å². The average molecular weight is 446 g/mol. The summed E-state index contributed by atoms with van der Waals surface area (Å²) < 4.78 is 5.25. The molecule has 7 heteroatoms. The van der Waals surface area contributed by atoms with Crippen LogP contribution in [-0.4, -0.2) is 47.5 Å². The van der Waals surface area contributed by atoms with Gasteiger partial charge in [0.2, 0.25) is 11.8 Å². The van der Waals surface area contributed by atoms with E-state index in [1.165, 1.54) is 0 Å². The third kappa shape index (κ3) is 7.53. The molecule has 0 spiro atoms. The second kappa shape index (κ2) is 11.3. The maximum absolute atomic E-state index is 13.4. The lowest BCUT2D eigenvalue weighted by molar-refractivity contribution is -0.140. The molecule has 2 rings (SSSR count). The van der Waals surface area contributed by atoms with Crippen molar-refractivity contribution in [2.45, 2.75) is 91.3 Å². The van der Waals surface area contributed by atoms with E-state index in [-0.39, 0.29) is 24.4 Å². The quantitative estimate of drug-likeness (QED) is 0.529. The van der Waals surface area contributed by atoms with E-state index in [1.54, 1.807) is 25.7 Å². The molecule has 1 aromatic carbocycles. The van der Waals surface area contributed by atoms with Crippen molar-refractivity contribution in [2.24, 2.45) is 0 Å². The predicted molar refractivity (Wildman–Crippen MR) is 125 cm³/mol. The van der Waals surface area contributed by atoms with E-state index < -0.39 is 17.7 Å². The van der Waals surface area contributed by atoms with Crippen LogP contribution in [0.2, 0.25) is 0 Å². The standard InChI is InChI=1S/C25H39N3O4/c1-7-8-9-15-26-23(30)22(20-12-10-11-17(2)18(20)3)28(19-13-14-19)21(29)16-27-24(31)32-25(4,5)6/h10-12,19,22H,7-9,13-16H2,1-6H3,(H,26,30)(H,27,31). The molecule has 3 amide bonds. The first-order chi connectivity index (χ1) is 15.0. The number of carbonyl (C=O) groups excluding carboxylic acids is 3. The summed E-state index contributed by atoms with van der Waals surface area (Å²) in [6.07, 6.45) is 4.07. The summed E-state index contributed by atoms with van der Waals surface area (Å²) in [6, 6.07) is 5.11. The molecule has 0 radical (unpaired) electrons. The highest BCUT2D eigenvalue weighted by atomic mass is 16.6. The number of benzene rings is 1. The Balaban J connectivity index is 2.25. The van der Waals surface area contributed by atoms with E-state index in [1.807, 2.05) is 32.0 Å². The van der Waals surface area contributed by atoms with Gasteiger partial charge in [-0.3, -0.25) is 9.59 Å². The maximum atomic E-state index is 13.4. The van der Waals surface area contributed by atoms with Gasteiger partial charge in [0.15, 0.2) is 0 Å². The lowest BCUT2D eigenvalue weighted by atomic mass is 9.95. The van der Waals surface area contributed by atoms with Gasteiger partial charge < -0.3 is 20.3 Å². The molecular weight excluding hydrogens is 406 g/mol. The molecular formula is C25H39N3O4. The van der Waals surface area contributed by atoms with Gasteiger partial charge >= 0.3 is 6.09 Å². The van der Waals surface area contributed by atoms with Crippen LogP contribution in [0.15, 0.2) is 18.2 Å². The van der Waals surface area contributed by atoms with Crippen LogP contribution in [0, 0.1) is 13.8 Å². The summed E-state index contributed by atoms with van der Waals surface area (Å²) in [5.41, 5.74) is 2.25. The summed E-state index contributed by atoms with van der Waals surface area (Å²) >= 11 is 0. The van der Waals surface area contributed by atoms with Gasteiger partial charge in [0, 0.05) is 12.6 Å². The zero-order chi connectivity index (χ0) is 23.9. The molecule has 0 aliphatic heterocycles. The Morgan fingerprint density at radius 3 is 2.41 bits per heavy atom.